The third-order valence-corrected chi connectivity index (χ3v) is 4.94. The van der Waals surface area contributed by atoms with E-state index in [1.165, 1.54) is 24.3 Å². The van der Waals surface area contributed by atoms with Crippen LogP contribution in [0, 0.1) is 5.82 Å². The molecule has 0 fully saturated rings. The summed E-state index contributed by atoms with van der Waals surface area (Å²) in [7, 11) is 0. The second-order valence-corrected chi connectivity index (χ2v) is 7.32. The molecule has 1 N–H and O–H groups in total. The molecule has 162 valence electrons. The Morgan fingerprint density at radius 2 is 1.84 bits per heavy atom. The summed E-state index contributed by atoms with van der Waals surface area (Å²) < 4.78 is 19.2. The number of hydrogen-bond donors (Lipinski definition) is 1. The van der Waals surface area contributed by atoms with Crippen LogP contribution in [0.15, 0.2) is 78.8 Å². The number of aromatic nitrogens is 1. The lowest BCUT2D eigenvalue weighted by Gasteiger charge is -2.15. The Kier molecular flexibility index (Phi) is 6.26. The second-order valence-electron chi connectivity index (χ2n) is 7.32. The number of halogens is 1. The minimum Gasteiger partial charge on any atom is -0.494 e. The molecule has 32 heavy (non-hydrogen) atoms. The van der Waals surface area contributed by atoms with E-state index in [2.05, 4.69) is 10.3 Å². The minimum atomic E-state index is -0.460. The first-order chi connectivity index (χ1) is 15.6. The highest BCUT2D eigenvalue weighted by Crippen LogP contribution is 2.32. The van der Waals surface area contributed by atoms with Crippen molar-refractivity contribution in [2.75, 3.05) is 11.9 Å². The average Bonchev–Trinajstić information content (AvgIpc) is 3.03. The Morgan fingerprint density at radius 3 is 2.56 bits per heavy atom. The maximum absolute atomic E-state index is 13.5. The van der Waals surface area contributed by atoms with Crippen LogP contribution in [0.3, 0.4) is 0 Å². The van der Waals surface area contributed by atoms with Gasteiger partial charge < -0.3 is 10.1 Å². The summed E-state index contributed by atoms with van der Waals surface area (Å²) in [5.74, 6) is -0.678. The summed E-state index contributed by atoms with van der Waals surface area (Å²) >= 11 is 0. The Balaban J connectivity index is 1.70. The highest BCUT2D eigenvalue weighted by molar-refractivity contribution is 6.36. The molecule has 0 bridgehead atoms. The molecule has 0 spiro atoms. The van der Waals surface area contributed by atoms with E-state index in [9.17, 15) is 14.0 Å². The van der Waals surface area contributed by atoms with E-state index in [0.29, 0.717) is 23.6 Å². The molecule has 1 aliphatic rings. The van der Waals surface area contributed by atoms with E-state index >= 15 is 0 Å². The number of nitrogens with one attached hydrogen (secondary N) is 1. The van der Waals surface area contributed by atoms with Gasteiger partial charge in [0.2, 0.25) is 0 Å². The number of amides is 2. The summed E-state index contributed by atoms with van der Waals surface area (Å²) in [5.41, 5.74) is 2.12. The fraction of sp³-hybridized carbons (Fsp3) is 0.160. The molecule has 7 heteroatoms. The van der Waals surface area contributed by atoms with Crippen LogP contribution in [-0.4, -0.2) is 28.3 Å². The van der Waals surface area contributed by atoms with Gasteiger partial charge in [0.1, 0.15) is 17.3 Å². The van der Waals surface area contributed by atoms with Gasteiger partial charge in [0.05, 0.1) is 18.7 Å². The van der Waals surface area contributed by atoms with Crippen LogP contribution in [0.5, 0.6) is 5.75 Å². The van der Waals surface area contributed by atoms with Crippen molar-refractivity contribution in [2.45, 2.75) is 19.9 Å². The van der Waals surface area contributed by atoms with Crippen molar-refractivity contribution in [1.29, 1.82) is 0 Å². The largest absolute Gasteiger partial charge is 0.494 e. The zero-order valence-corrected chi connectivity index (χ0v) is 17.5. The number of hydrogen-bond acceptors (Lipinski definition) is 5. The van der Waals surface area contributed by atoms with Crippen LogP contribution in [0.4, 0.5) is 10.1 Å². The predicted octanol–water partition coefficient (Wildman–Crippen LogP) is 4.40. The van der Waals surface area contributed by atoms with Crippen molar-refractivity contribution in [3.63, 3.8) is 0 Å². The first-order valence-corrected chi connectivity index (χ1v) is 10.3. The standard InChI is InChI=1S/C25H22FN3O3/c1-2-13-32-21-7-3-6-20(14-21)28-23-22(18-8-10-19(26)11-9-18)24(30)29(25(23)31)16-17-5-4-12-27-15-17/h3-12,14-15,28H,2,13,16H2,1H3. The van der Waals surface area contributed by atoms with Crippen LogP contribution in [0.1, 0.15) is 24.5 Å². The third-order valence-electron chi connectivity index (χ3n) is 4.94. The first-order valence-electron chi connectivity index (χ1n) is 10.3. The first kappa shape index (κ1) is 21.2. The molecule has 2 amide bonds. The SMILES string of the molecule is CCCOc1cccc(NC2=C(c3ccc(F)cc3)C(=O)N(Cc3cccnc3)C2=O)c1. The van der Waals surface area contributed by atoms with Gasteiger partial charge in [-0.15, -0.1) is 0 Å². The van der Waals surface area contributed by atoms with Gasteiger partial charge in [-0.3, -0.25) is 19.5 Å². The Hall–Kier alpha value is -4.00. The molecule has 6 nitrogen and oxygen atoms in total. The Labute approximate surface area is 185 Å². The molecule has 2 heterocycles. The molecule has 3 aromatic rings. The summed E-state index contributed by atoms with van der Waals surface area (Å²) in [6, 6.07) is 16.2. The molecule has 0 radical (unpaired) electrons. The molecule has 0 atom stereocenters. The van der Waals surface area contributed by atoms with Gasteiger partial charge in [-0.2, -0.15) is 0 Å². The molecule has 1 aromatic heterocycles. The van der Waals surface area contributed by atoms with Gasteiger partial charge >= 0.3 is 0 Å². The Bertz CT molecular complexity index is 1160. The van der Waals surface area contributed by atoms with E-state index in [1.54, 1.807) is 42.7 Å². The van der Waals surface area contributed by atoms with Crippen molar-refractivity contribution < 1.29 is 18.7 Å². The smallest absolute Gasteiger partial charge is 0.278 e. The van der Waals surface area contributed by atoms with Gasteiger partial charge in [0.15, 0.2) is 0 Å². The zero-order valence-electron chi connectivity index (χ0n) is 17.5. The molecule has 0 aliphatic carbocycles. The molecule has 4 rings (SSSR count). The molecule has 2 aromatic carbocycles. The Morgan fingerprint density at radius 1 is 1.03 bits per heavy atom. The van der Waals surface area contributed by atoms with Gasteiger partial charge in [0.25, 0.3) is 11.8 Å². The fourth-order valence-corrected chi connectivity index (χ4v) is 3.42. The number of carbonyl (C=O) groups is 2. The normalized spacial score (nSPS) is 13.6. The van der Waals surface area contributed by atoms with Crippen molar-refractivity contribution in [1.82, 2.24) is 9.88 Å². The van der Waals surface area contributed by atoms with Crippen LogP contribution in [-0.2, 0) is 16.1 Å². The molecule has 0 saturated heterocycles. The second kappa shape index (κ2) is 9.43. The van der Waals surface area contributed by atoms with Crippen LogP contribution < -0.4 is 10.1 Å². The third kappa shape index (κ3) is 4.51. The van der Waals surface area contributed by atoms with Crippen molar-refractivity contribution in [3.8, 4) is 5.75 Å². The monoisotopic (exact) mass is 431 g/mol. The van der Waals surface area contributed by atoms with Gasteiger partial charge in [-0.1, -0.05) is 31.2 Å². The lowest BCUT2D eigenvalue weighted by Crippen LogP contribution is -2.32. The minimum absolute atomic E-state index is 0.0844. The van der Waals surface area contributed by atoms with E-state index in [0.717, 1.165) is 16.9 Å². The number of ether oxygens (including phenoxy) is 1. The zero-order chi connectivity index (χ0) is 22.5. The summed E-state index contributed by atoms with van der Waals surface area (Å²) in [6.45, 7) is 2.67. The fourth-order valence-electron chi connectivity index (χ4n) is 3.42. The van der Waals surface area contributed by atoms with Crippen LogP contribution in [0.25, 0.3) is 5.57 Å². The molecular weight excluding hydrogens is 409 g/mol. The predicted molar refractivity (Wildman–Crippen MR) is 119 cm³/mol. The van der Waals surface area contributed by atoms with Gasteiger partial charge in [-0.05, 0) is 47.9 Å². The van der Waals surface area contributed by atoms with Crippen molar-refractivity contribution in [2.24, 2.45) is 0 Å². The number of rotatable bonds is 8. The molecule has 0 unspecified atom stereocenters. The lowest BCUT2D eigenvalue weighted by atomic mass is 10.0. The highest BCUT2D eigenvalue weighted by Gasteiger charge is 2.39. The number of anilines is 1. The lowest BCUT2D eigenvalue weighted by molar-refractivity contribution is -0.137. The number of benzene rings is 2. The van der Waals surface area contributed by atoms with E-state index in [1.807, 2.05) is 13.0 Å². The van der Waals surface area contributed by atoms with Crippen LogP contribution >= 0.6 is 0 Å². The summed E-state index contributed by atoms with van der Waals surface area (Å²) in [6.07, 6.45) is 4.10. The van der Waals surface area contributed by atoms with Crippen molar-refractivity contribution in [3.05, 3.63) is 95.7 Å². The average molecular weight is 431 g/mol. The topological polar surface area (TPSA) is 71.5 Å². The van der Waals surface area contributed by atoms with Gasteiger partial charge in [0, 0.05) is 24.1 Å². The van der Waals surface area contributed by atoms with Gasteiger partial charge in [-0.25, -0.2) is 4.39 Å². The number of carbonyl (C=O) groups excluding carboxylic acids is 2. The number of pyridine rings is 1. The molecule has 1 aliphatic heterocycles. The summed E-state index contributed by atoms with van der Waals surface area (Å²) in [5, 5.41) is 3.10. The van der Waals surface area contributed by atoms with E-state index in [4.69, 9.17) is 4.74 Å². The maximum Gasteiger partial charge on any atom is 0.278 e. The van der Waals surface area contributed by atoms with E-state index in [-0.39, 0.29) is 17.8 Å². The van der Waals surface area contributed by atoms with E-state index < -0.39 is 17.6 Å². The van der Waals surface area contributed by atoms with Crippen molar-refractivity contribution >= 4 is 23.1 Å². The maximum atomic E-state index is 13.5. The quantitative estimate of drug-likeness (QED) is 0.535. The number of nitrogens with zero attached hydrogens (tertiary/aromatic N) is 2. The molecular formula is C25H22FN3O3. The summed E-state index contributed by atoms with van der Waals surface area (Å²) in [4.78, 5) is 31.8. The number of imide groups is 1. The van der Waals surface area contributed by atoms with Crippen LogP contribution in [0.2, 0.25) is 0 Å². The highest BCUT2D eigenvalue weighted by atomic mass is 19.1. The molecule has 0 saturated carbocycles.